The fraction of sp³-hybridized carbons (Fsp3) is 0.429. The molecule has 1 aliphatic heterocycles. The van der Waals surface area contributed by atoms with Crippen molar-refractivity contribution in [3.63, 3.8) is 0 Å². The van der Waals surface area contributed by atoms with Gasteiger partial charge >= 0.3 is 11.9 Å². The third-order valence-electron chi connectivity index (χ3n) is 3.45. The molecule has 1 aromatic carbocycles. The molecule has 0 aromatic heterocycles. The molecular formula is C14H14Cl2O5. The van der Waals surface area contributed by atoms with Gasteiger partial charge in [-0.25, -0.2) is 9.59 Å². The summed E-state index contributed by atoms with van der Waals surface area (Å²) in [6, 6.07) is 4.71. The maximum Gasteiger partial charge on any atom is 0.342 e. The maximum atomic E-state index is 12.2. The molecule has 0 N–H and O–H groups in total. The van der Waals surface area contributed by atoms with Gasteiger partial charge in [-0.3, -0.25) is 0 Å². The number of hydrogen-bond donors (Lipinski definition) is 0. The molecule has 1 aliphatic rings. The quantitative estimate of drug-likeness (QED) is 0.796. The lowest BCUT2D eigenvalue weighted by atomic mass is 9.90. The molecule has 2 rings (SSSR count). The summed E-state index contributed by atoms with van der Waals surface area (Å²) < 4.78 is 15.2. The van der Waals surface area contributed by atoms with Gasteiger partial charge in [0.1, 0.15) is 0 Å². The van der Waals surface area contributed by atoms with E-state index in [1.165, 1.54) is 20.3 Å². The molecule has 1 aromatic rings. The van der Waals surface area contributed by atoms with Crippen LogP contribution in [0.4, 0.5) is 0 Å². The summed E-state index contributed by atoms with van der Waals surface area (Å²) in [5, 5.41) is 0.713. The van der Waals surface area contributed by atoms with E-state index in [2.05, 4.69) is 4.74 Å². The monoisotopic (exact) mass is 332 g/mol. The van der Waals surface area contributed by atoms with Crippen LogP contribution in [0.1, 0.15) is 18.4 Å². The van der Waals surface area contributed by atoms with Crippen molar-refractivity contribution in [3.8, 4) is 0 Å². The summed E-state index contributed by atoms with van der Waals surface area (Å²) in [5.74, 6) is -1.15. The van der Waals surface area contributed by atoms with E-state index < -0.39 is 23.6 Å². The Balaban J connectivity index is 2.45. The number of benzene rings is 1. The lowest BCUT2D eigenvalue weighted by molar-refractivity contribution is -0.176. The van der Waals surface area contributed by atoms with Crippen molar-refractivity contribution in [1.82, 2.24) is 0 Å². The highest BCUT2D eigenvalue weighted by molar-refractivity contribution is 6.35. The molecule has 21 heavy (non-hydrogen) atoms. The lowest BCUT2D eigenvalue weighted by Crippen LogP contribution is -2.38. The van der Waals surface area contributed by atoms with Crippen molar-refractivity contribution >= 4 is 35.1 Å². The molecule has 7 heteroatoms. The molecule has 1 saturated heterocycles. The van der Waals surface area contributed by atoms with Crippen molar-refractivity contribution in [3.05, 3.63) is 33.8 Å². The molecule has 0 aliphatic carbocycles. The van der Waals surface area contributed by atoms with Gasteiger partial charge in [0.15, 0.2) is 11.7 Å². The van der Waals surface area contributed by atoms with Gasteiger partial charge in [-0.05, 0) is 25.0 Å². The standard InChI is InChI=1S/C14H14Cl2O5/c1-19-12(17)11-5-6-14(21-11,13(18)20-2)9-4-3-8(15)7-10(9)16/h3-4,7,11H,5-6H2,1-2H3/t11-,14-/m1/s1. The van der Waals surface area contributed by atoms with Crippen LogP contribution in [0.3, 0.4) is 0 Å². The van der Waals surface area contributed by atoms with E-state index in [4.69, 9.17) is 32.7 Å². The third kappa shape index (κ3) is 2.86. The Kier molecular flexibility index (Phi) is 4.76. The summed E-state index contributed by atoms with van der Waals surface area (Å²) in [7, 11) is 2.52. The predicted octanol–water partition coefficient (Wildman–Crippen LogP) is 2.71. The molecule has 0 amide bonds. The van der Waals surface area contributed by atoms with Gasteiger partial charge < -0.3 is 14.2 Å². The summed E-state index contributed by atoms with van der Waals surface area (Å²) in [6.45, 7) is 0. The molecular weight excluding hydrogens is 319 g/mol. The Morgan fingerprint density at radius 3 is 2.57 bits per heavy atom. The average molecular weight is 333 g/mol. The Labute approximate surface area is 132 Å². The number of carbonyl (C=O) groups excluding carboxylic acids is 2. The van der Waals surface area contributed by atoms with Gasteiger partial charge in [0.25, 0.3) is 0 Å². The Morgan fingerprint density at radius 2 is 2.00 bits per heavy atom. The molecule has 0 spiro atoms. The van der Waals surface area contributed by atoms with Gasteiger partial charge in [0.2, 0.25) is 0 Å². The van der Waals surface area contributed by atoms with E-state index in [-0.39, 0.29) is 11.4 Å². The summed E-state index contributed by atoms with van der Waals surface area (Å²) in [6.07, 6.45) is -0.234. The van der Waals surface area contributed by atoms with Crippen LogP contribution >= 0.6 is 23.2 Å². The topological polar surface area (TPSA) is 61.8 Å². The molecule has 0 radical (unpaired) electrons. The van der Waals surface area contributed by atoms with E-state index in [1.807, 2.05) is 0 Å². The van der Waals surface area contributed by atoms with Gasteiger partial charge in [-0.1, -0.05) is 29.3 Å². The number of methoxy groups -OCH3 is 2. The van der Waals surface area contributed by atoms with Gasteiger partial charge in [0.05, 0.1) is 14.2 Å². The first kappa shape index (κ1) is 16.1. The van der Waals surface area contributed by atoms with E-state index in [0.29, 0.717) is 17.0 Å². The molecule has 114 valence electrons. The molecule has 0 saturated carbocycles. The van der Waals surface area contributed by atoms with Gasteiger partial charge in [-0.2, -0.15) is 0 Å². The Hall–Kier alpha value is -1.30. The van der Waals surface area contributed by atoms with E-state index in [9.17, 15) is 9.59 Å². The van der Waals surface area contributed by atoms with Crippen LogP contribution in [0.15, 0.2) is 18.2 Å². The van der Waals surface area contributed by atoms with E-state index in [1.54, 1.807) is 12.1 Å². The summed E-state index contributed by atoms with van der Waals surface area (Å²) >= 11 is 12.0. The van der Waals surface area contributed by atoms with Crippen molar-refractivity contribution in [2.45, 2.75) is 24.5 Å². The number of carbonyl (C=O) groups is 2. The number of rotatable bonds is 3. The van der Waals surface area contributed by atoms with Crippen LogP contribution < -0.4 is 0 Å². The first-order valence-electron chi connectivity index (χ1n) is 6.24. The predicted molar refractivity (Wildman–Crippen MR) is 76.3 cm³/mol. The van der Waals surface area contributed by atoms with Crippen molar-refractivity contribution in [2.24, 2.45) is 0 Å². The molecule has 5 nitrogen and oxygen atoms in total. The fourth-order valence-electron chi connectivity index (χ4n) is 2.43. The van der Waals surface area contributed by atoms with Gasteiger partial charge in [-0.15, -0.1) is 0 Å². The highest BCUT2D eigenvalue weighted by atomic mass is 35.5. The highest BCUT2D eigenvalue weighted by Crippen LogP contribution is 2.44. The summed E-state index contributed by atoms with van der Waals surface area (Å²) in [4.78, 5) is 23.9. The number of ether oxygens (including phenoxy) is 3. The van der Waals surface area contributed by atoms with E-state index in [0.717, 1.165) is 0 Å². The normalized spacial score (nSPS) is 24.7. The molecule has 1 heterocycles. The van der Waals surface area contributed by atoms with Gasteiger partial charge in [0, 0.05) is 15.6 Å². The fourth-order valence-corrected chi connectivity index (χ4v) is 2.99. The van der Waals surface area contributed by atoms with Crippen molar-refractivity contribution in [1.29, 1.82) is 0 Å². The van der Waals surface area contributed by atoms with Crippen LogP contribution in [-0.4, -0.2) is 32.3 Å². The SMILES string of the molecule is COC(=O)[C@H]1CC[C@](C(=O)OC)(c2ccc(Cl)cc2Cl)O1. The number of hydrogen-bond acceptors (Lipinski definition) is 5. The van der Waals surface area contributed by atoms with E-state index >= 15 is 0 Å². The number of halogens is 2. The Bertz CT molecular complexity index is 574. The van der Waals surface area contributed by atoms with Crippen LogP contribution in [0.2, 0.25) is 10.0 Å². The van der Waals surface area contributed by atoms with Crippen LogP contribution in [0.25, 0.3) is 0 Å². The minimum atomic E-state index is -1.42. The van der Waals surface area contributed by atoms with Crippen molar-refractivity contribution < 1.29 is 23.8 Å². The molecule has 0 bridgehead atoms. The zero-order valence-electron chi connectivity index (χ0n) is 11.5. The maximum absolute atomic E-state index is 12.2. The Morgan fingerprint density at radius 1 is 1.29 bits per heavy atom. The highest BCUT2D eigenvalue weighted by Gasteiger charge is 2.52. The van der Waals surface area contributed by atoms with Crippen LogP contribution in [0.5, 0.6) is 0 Å². The largest absolute Gasteiger partial charge is 0.467 e. The smallest absolute Gasteiger partial charge is 0.342 e. The van der Waals surface area contributed by atoms with Crippen LogP contribution in [0, 0.1) is 0 Å². The second-order valence-corrected chi connectivity index (χ2v) is 5.45. The lowest BCUT2D eigenvalue weighted by Gasteiger charge is -2.27. The minimum absolute atomic E-state index is 0.265. The zero-order valence-corrected chi connectivity index (χ0v) is 13.0. The van der Waals surface area contributed by atoms with Crippen molar-refractivity contribution in [2.75, 3.05) is 14.2 Å². The zero-order chi connectivity index (χ0) is 15.6. The molecule has 0 unspecified atom stereocenters. The average Bonchev–Trinajstić information content (AvgIpc) is 2.91. The molecule has 1 fully saturated rings. The number of esters is 2. The minimum Gasteiger partial charge on any atom is -0.467 e. The first-order valence-corrected chi connectivity index (χ1v) is 7.00. The molecule has 2 atom stereocenters. The summed E-state index contributed by atoms with van der Waals surface area (Å²) in [5.41, 5.74) is -0.998. The first-order chi connectivity index (χ1) is 9.94. The third-order valence-corrected chi connectivity index (χ3v) is 4.00. The van der Waals surface area contributed by atoms with Crippen LogP contribution in [-0.2, 0) is 29.4 Å². The second-order valence-electron chi connectivity index (χ2n) is 4.61. The second kappa shape index (κ2) is 6.22.